The van der Waals surface area contributed by atoms with E-state index in [2.05, 4.69) is 0 Å². The molecule has 8 heteroatoms. The van der Waals surface area contributed by atoms with E-state index < -0.39 is 27.0 Å². The van der Waals surface area contributed by atoms with Crippen molar-refractivity contribution in [2.24, 2.45) is 0 Å². The van der Waals surface area contributed by atoms with Gasteiger partial charge in [0.25, 0.3) is 0 Å². The topological polar surface area (TPSA) is 46.2 Å². The van der Waals surface area contributed by atoms with E-state index in [1.54, 1.807) is 0 Å². The monoisotopic (exact) mass is 301 g/mol. The molecule has 0 heterocycles. The predicted molar refractivity (Wildman–Crippen MR) is 64.1 cm³/mol. The van der Waals surface area contributed by atoms with Crippen molar-refractivity contribution < 1.29 is 21.6 Å². The van der Waals surface area contributed by atoms with Gasteiger partial charge in [-0.25, -0.2) is 8.42 Å². The molecule has 1 N–H and O–H groups in total. The van der Waals surface area contributed by atoms with Gasteiger partial charge in [-0.1, -0.05) is 11.6 Å². The molecule has 0 aliphatic heterocycles. The van der Waals surface area contributed by atoms with Crippen LogP contribution in [0.5, 0.6) is 0 Å². The molecule has 0 fully saturated rings. The summed E-state index contributed by atoms with van der Waals surface area (Å²) in [5.74, 6) is 0. The van der Waals surface area contributed by atoms with Gasteiger partial charge in [-0.3, -0.25) is 4.72 Å². The number of nitrogens with one attached hydrogen (secondary N) is 1. The van der Waals surface area contributed by atoms with Crippen LogP contribution in [0.15, 0.2) is 18.2 Å². The van der Waals surface area contributed by atoms with Gasteiger partial charge in [-0.05, 0) is 32.0 Å². The van der Waals surface area contributed by atoms with Crippen molar-refractivity contribution in [1.29, 1.82) is 0 Å². The molecule has 0 bridgehead atoms. The average molecular weight is 302 g/mol. The number of hydrogen-bond acceptors (Lipinski definition) is 2. The number of hydrogen-bond donors (Lipinski definition) is 1. The van der Waals surface area contributed by atoms with Crippen LogP contribution in [0.1, 0.15) is 19.4 Å². The summed E-state index contributed by atoms with van der Waals surface area (Å²) in [6, 6.07) is 2.46. The number of sulfonamides is 1. The van der Waals surface area contributed by atoms with Crippen LogP contribution in [0.4, 0.5) is 18.9 Å². The summed E-state index contributed by atoms with van der Waals surface area (Å²) in [5, 5.41) is -0.865. The van der Waals surface area contributed by atoms with Gasteiger partial charge in [0.2, 0.25) is 10.0 Å². The maximum absolute atomic E-state index is 12.5. The van der Waals surface area contributed by atoms with E-state index in [4.69, 9.17) is 11.6 Å². The Morgan fingerprint density at radius 2 is 1.83 bits per heavy atom. The second kappa shape index (κ2) is 4.97. The summed E-state index contributed by atoms with van der Waals surface area (Å²) in [4.78, 5) is 0. The molecule has 1 aromatic carbocycles. The highest BCUT2D eigenvalue weighted by Crippen LogP contribution is 2.34. The summed E-state index contributed by atoms with van der Waals surface area (Å²) in [5.41, 5.74) is -1.24. The highest BCUT2D eigenvalue weighted by Gasteiger charge is 2.31. The van der Waals surface area contributed by atoms with Crippen LogP contribution in [0.25, 0.3) is 0 Å². The van der Waals surface area contributed by atoms with E-state index in [9.17, 15) is 21.6 Å². The zero-order chi connectivity index (χ0) is 14.1. The van der Waals surface area contributed by atoms with Gasteiger partial charge in [-0.15, -0.1) is 0 Å². The molecule has 18 heavy (non-hydrogen) atoms. The lowest BCUT2D eigenvalue weighted by Gasteiger charge is -2.14. The van der Waals surface area contributed by atoms with Gasteiger partial charge in [0.1, 0.15) is 0 Å². The van der Waals surface area contributed by atoms with Gasteiger partial charge in [0.15, 0.2) is 0 Å². The third-order valence-electron chi connectivity index (χ3n) is 2.17. The fraction of sp³-hybridized carbons (Fsp3) is 0.400. The third-order valence-corrected chi connectivity index (χ3v) is 4.24. The average Bonchev–Trinajstić information content (AvgIpc) is 2.19. The van der Waals surface area contributed by atoms with Crippen molar-refractivity contribution in [1.82, 2.24) is 0 Å². The van der Waals surface area contributed by atoms with Crippen LogP contribution in [-0.4, -0.2) is 13.7 Å². The van der Waals surface area contributed by atoms with Crippen LogP contribution in [-0.2, 0) is 16.2 Å². The highest BCUT2D eigenvalue weighted by atomic mass is 35.5. The minimum absolute atomic E-state index is 0.0905. The van der Waals surface area contributed by atoms with Crippen molar-refractivity contribution in [2.45, 2.75) is 25.3 Å². The Labute approximate surface area is 108 Å². The van der Waals surface area contributed by atoms with Crippen LogP contribution in [0, 0.1) is 0 Å². The molecular weight excluding hydrogens is 291 g/mol. The zero-order valence-electron chi connectivity index (χ0n) is 9.55. The first-order valence-electron chi connectivity index (χ1n) is 4.92. The first-order chi connectivity index (χ1) is 8.04. The Balaban J connectivity index is 3.18. The first kappa shape index (κ1) is 15.1. The summed E-state index contributed by atoms with van der Waals surface area (Å²) in [7, 11) is -3.74. The minimum Gasteiger partial charge on any atom is -0.282 e. The van der Waals surface area contributed by atoms with Crippen LogP contribution >= 0.6 is 11.6 Å². The van der Waals surface area contributed by atoms with E-state index in [0.29, 0.717) is 6.07 Å². The van der Waals surface area contributed by atoms with Crippen molar-refractivity contribution in [3.05, 3.63) is 28.8 Å². The largest absolute Gasteiger partial charge is 0.416 e. The lowest BCUT2D eigenvalue weighted by Crippen LogP contribution is -2.23. The van der Waals surface area contributed by atoms with E-state index in [-0.39, 0.29) is 10.7 Å². The lowest BCUT2D eigenvalue weighted by atomic mass is 10.2. The standard InChI is InChI=1S/C10H11ClF3NO2S/c1-6(2)18(16,17)15-9-5-7(10(12,13)14)3-4-8(9)11/h3-6,15H,1-2H3. The molecule has 0 spiro atoms. The predicted octanol–water partition coefficient (Wildman–Crippen LogP) is 3.51. The Kier molecular flexibility index (Phi) is 4.17. The van der Waals surface area contributed by atoms with Crippen LogP contribution in [0.3, 0.4) is 0 Å². The number of rotatable bonds is 3. The molecule has 0 atom stereocenters. The highest BCUT2D eigenvalue weighted by molar-refractivity contribution is 7.93. The number of anilines is 1. The van der Waals surface area contributed by atoms with Crippen molar-refractivity contribution in [2.75, 3.05) is 4.72 Å². The zero-order valence-corrected chi connectivity index (χ0v) is 11.1. The minimum atomic E-state index is -4.55. The molecule has 0 aliphatic carbocycles. The molecule has 0 amide bonds. The molecule has 0 unspecified atom stereocenters. The smallest absolute Gasteiger partial charge is 0.282 e. The quantitative estimate of drug-likeness (QED) is 0.928. The van der Waals surface area contributed by atoms with E-state index in [0.717, 1.165) is 12.1 Å². The fourth-order valence-corrected chi connectivity index (χ4v) is 1.98. The Hall–Kier alpha value is -0.950. The summed E-state index contributed by atoms with van der Waals surface area (Å²) >= 11 is 5.66. The van der Waals surface area contributed by atoms with E-state index in [1.165, 1.54) is 13.8 Å². The number of benzene rings is 1. The van der Waals surface area contributed by atoms with Gasteiger partial charge in [0, 0.05) is 0 Å². The van der Waals surface area contributed by atoms with Crippen molar-refractivity contribution >= 4 is 27.3 Å². The Bertz CT molecular complexity index is 541. The summed E-state index contributed by atoms with van der Waals surface area (Å²) < 4.78 is 62.6. The van der Waals surface area contributed by atoms with E-state index in [1.807, 2.05) is 4.72 Å². The van der Waals surface area contributed by atoms with Gasteiger partial charge < -0.3 is 0 Å². The van der Waals surface area contributed by atoms with Gasteiger partial charge in [-0.2, -0.15) is 13.2 Å². The Morgan fingerprint density at radius 3 is 2.28 bits per heavy atom. The van der Waals surface area contributed by atoms with Crippen molar-refractivity contribution in [3.8, 4) is 0 Å². The molecule has 0 saturated heterocycles. The molecule has 3 nitrogen and oxygen atoms in total. The molecule has 0 saturated carbocycles. The molecule has 0 aromatic heterocycles. The maximum Gasteiger partial charge on any atom is 0.416 e. The van der Waals surface area contributed by atoms with Gasteiger partial charge in [0.05, 0.1) is 21.5 Å². The van der Waals surface area contributed by atoms with Crippen molar-refractivity contribution in [3.63, 3.8) is 0 Å². The molecule has 0 aliphatic rings. The maximum atomic E-state index is 12.5. The van der Waals surface area contributed by atoms with Crippen LogP contribution in [0.2, 0.25) is 5.02 Å². The van der Waals surface area contributed by atoms with Gasteiger partial charge >= 0.3 is 6.18 Å². The molecular formula is C10H11ClF3NO2S. The molecule has 102 valence electrons. The second-order valence-electron chi connectivity index (χ2n) is 3.89. The molecule has 1 rings (SSSR count). The van der Waals surface area contributed by atoms with E-state index >= 15 is 0 Å². The third kappa shape index (κ3) is 3.52. The SMILES string of the molecule is CC(C)S(=O)(=O)Nc1cc(C(F)(F)F)ccc1Cl. The number of alkyl halides is 3. The summed E-state index contributed by atoms with van der Waals surface area (Å²) in [6.07, 6.45) is -4.55. The fourth-order valence-electron chi connectivity index (χ4n) is 1.05. The normalized spacial score (nSPS) is 12.8. The second-order valence-corrected chi connectivity index (χ2v) is 6.53. The number of halogens is 4. The Morgan fingerprint density at radius 1 is 1.28 bits per heavy atom. The van der Waals surface area contributed by atoms with Crippen LogP contribution < -0.4 is 4.72 Å². The summed E-state index contributed by atoms with van der Waals surface area (Å²) in [6.45, 7) is 2.81. The first-order valence-corrected chi connectivity index (χ1v) is 6.85. The molecule has 0 radical (unpaired) electrons. The molecule has 1 aromatic rings. The lowest BCUT2D eigenvalue weighted by molar-refractivity contribution is -0.137.